The molecule has 0 spiro atoms. The predicted molar refractivity (Wildman–Crippen MR) is 66.2 cm³/mol. The fraction of sp³-hybridized carbons (Fsp3) is 0.273. The second-order valence-electron chi connectivity index (χ2n) is 3.22. The van der Waals surface area contributed by atoms with Crippen molar-refractivity contribution in [1.82, 2.24) is 0 Å². The van der Waals surface area contributed by atoms with Gasteiger partial charge in [0.15, 0.2) is 5.12 Å². The number of hydrogen-bond acceptors (Lipinski definition) is 4. The van der Waals surface area contributed by atoms with Gasteiger partial charge in [-0.3, -0.25) is 4.79 Å². The topological polar surface area (TPSA) is 34.1 Å². The molecule has 1 unspecified atom stereocenters. The van der Waals surface area contributed by atoms with E-state index in [9.17, 15) is 9.59 Å². The number of thioether (sulfide) groups is 1. The van der Waals surface area contributed by atoms with Crippen molar-refractivity contribution in [3.05, 3.63) is 35.9 Å². The van der Waals surface area contributed by atoms with Gasteiger partial charge in [-0.15, -0.1) is 0 Å². The summed E-state index contributed by atoms with van der Waals surface area (Å²) in [5.74, 6) is 0. The van der Waals surface area contributed by atoms with Crippen LogP contribution in [0.1, 0.15) is 12.5 Å². The van der Waals surface area contributed by atoms with Crippen LogP contribution < -0.4 is 0 Å². The Kier molecular flexibility index (Phi) is 4.42. The molecule has 1 aromatic carbocycles. The monoisotopic (exact) mass is 240 g/mol. The summed E-state index contributed by atoms with van der Waals surface area (Å²) in [5.41, 5.74) is 0.994. The van der Waals surface area contributed by atoms with E-state index < -0.39 is 4.08 Å². The van der Waals surface area contributed by atoms with Gasteiger partial charge in [-0.25, -0.2) is 0 Å². The Morgan fingerprint density at radius 3 is 2.53 bits per heavy atom. The minimum absolute atomic E-state index is 0.104. The van der Waals surface area contributed by atoms with Gasteiger partial charge in [-0.2, -0.15) is 12.6 Å². The van der Waals surface area contributed by atoms with Gasteiger partial charge in [0.25, 0.3) is 0 Å². The van der Waals surface area contributed by atoms with Gasteiger partial charge in [-0.1, -0.05) is 42.1 Å². The van der Waals surface area contributed by atoms with Gasteiger partial charge in [-0.05, 0) is 5.56 Å². The molecular weight excluding hydrogens is 228 g/mol. The predicted octanol–water partition coefficient (Wildman–Crippen LogP) is 2.33. The smallest absolute Gasteiger partial charge is 0.187 e. The zero-order chi connectivity index (χ0) is 11.3. The van der Waals surface area contributed by atoms with Crippen LogP contribution in [0, 0.1) is 0 Å². The number of carbonyl (C=O) groups excluding carboxylic acids is 2. The van der Waals surface area contributed by atoms with Gasteiger partial charge in [0.1, 0.15) is 10.4 Å². The molecular formula is C11H12O2S2. The Morgan fingerprint density at radius 2 is 2.07 bits per heavy atom. The molecule has 0 bridgehead atoms. The number of benzene rings is 1. The maximum absolute atomic E-state index is 11.0. The Labute approximate surface area is 98.9 Å². The second kappa shape index (κ2) is 5.37. The first-order valence-corrected chi connectivity index (χ1v) is 5.74. The van der Waals surface area contributed by atoms with Crippen LogP contribution in [-0.4, -0.2) is 15.5 Å². The molecule has 0 aromatic heterocycles. The number of aldehydes is 1. The summed E-state index contributed by atoms with van der Waals surface area (Å²) in [5, 5.41) is -0.104. The molecule has 1 rings (SSSR count). The molecule has 0 radical (unpaired) electrons. The van der Waals surface area contributed by atoms with Gasteiger partial charge >= 0.3 is 0 Å². The van der Waals surface area contributed by atoms with E-state index in [1.165, 1.54) is 6.92 Å². The zero-order valence-electron chi connectivity index (χ0n) is 8.34. The third kappa shape index (κ3) is 4.10. The van der Waals surface area contributed by atoms with Crippen LogP contribution in [0.3, 0.4) is 0 Å². The van der Waals surface area contributed by atoms with E-state index in [2.05, 4.69) is 12.6 Å². The quantitative estimate of drug-likeness (QED) is 0.498. The summed E-state index contributed by atoms with van der Waals surface area (Å²) in [6.07, 6.45) is 1.17. The van der Waals surface area contributed by atoms with E-state index in [-0.39, 0.29) is 5.12 Å². The van der Waals surface area contributed by atoms with Crippen molar-refractivity contribution in [1.29, 1.82) is 0 Å². The van der Waals surface area contributed by atoms with Crippen molar-refractivity contribution in [3.63, 3.8) is 0 Å². The van der Waals surface area contributed by atoms with E-state index in [4.69, 9.17) is 0 Å². The summed E-state index contributed by atoms with van der Waals surface area (Å²) < 4.78 is -0.951. The number of hydrogen-bond donors (Lipinski definition) is 1. The lowest BCUT2D eigenvalue weighted by molar-refractivity contribution is -0.110. The Bertz CT molecular complexity index is 351. The molecule has 0 saturated heterocycles. The first kappa shape index (κ1) is 12.3. The van der Waals surface area contributed by atoms with Crippen LogP contribution in [0.2, 0.25) is 0 Å². The highest BCUT2D eigenvalue weighted by Gasteiger charge is 2.28. The number of carbonyl (C=O) groups is 2. The highest BCUT2D eigenvalue weighted by Crippen LogP contribution is 2.31. The van der Waals surface area contributed by atoms with E-state index in [1.807, 2.05) is 30.3 Å². The lowest BCUT2D eigenvalue weighted by Gasteiger charge is -2.19. The average Bonchev–Trinajstić information content (AvgIpc) is 2.18. The molecule has 0 heterocycles. The first-order chi connectivity index (χ1) is 7.06. The van der Waals surface area contributed by atoms with Crippen molar-refractivity contribution in [3.8, 4) is 0 Å². The van der Waals surface area contributed by atoms with E-state index in [0.717, 1.165) is 23.6 Å². The van der Waals surface area contributed by atoms with Crippen LogP contribution in [0.5, 0.6) is 0 Å². The average molecular weight is 240 g/mol. The minimum Gasteiger partial charge on any atom is -0.301 e. The van der Waals surface area contributed by atoms with Gasteiger partial charge in [0.2, 0.25) is 0 Å². The van der Waals surface area contributed by atoms with Crippen LogP contribution in [0.15, 0.2) is 30.3 Å². The molecule has 0 fully saturated rings. The number of rotatable bonds is 4. The van der Waals surface area contributed by atoms with Crippen molar-refractivity contribution in [2.24, 2.45) is 0 Å². The van der Waals surface area contributed by atoms with Crippen LogP contribution in [0.4, 0.5) is 0 Å². The molecule has 15 heavy (non-hydrogen) atoms. The number of thiol groups is 1. The first-order valence-electron chi connectivity index (χ1n) is 4.48. The van der Waals surface area contributed by atoms with E-state index in [0.29, 0.717) is 6.42 Å². The molecule has 0 aliphatic rings. The molecule has 0 amide bonds. The molecule has 1 aromatic rings. The standard InChI is InChI=1S/C11H12O2S2/c1-9(13)15-11(14,8-12)7-10-5-3-2-4-6-10/h2-6,8,14H,7H2,1H3. The second-order valence-corrected chi connectivity index (χ2v) is 5.83. The van der Waals surface area contributed by atoms with Crippen LogP contribution in [-0.2, 0) is 16.0 Å². The van der Waals surface area contributed by atoms with Gasteiger partial charge in [0.05, 0.1) is 0 Å². The normalized spacial score (nSPS) is 14.3. The summed E-state index contributed by atoms with van der Waals surface area (Å²) in [4.78, 5) is 21.9. The molecule has 0 saturated carbocycles. The zero-order valence-corrected chi connectivity index (χ0v) is 10.1. The Balaban J connectivity index is 2.76. The molecule has 0 aliphatic carbocycles. The van der Waals surface area contributed by atoms with Crippen molar-refractivity contribution >= 4 is 35.8 Å². The molecule has 1 atom stereocenters. The minimum atomic E-state index is -0.951. The van der Waals surface area contributed by atoms with Crippen LogP contribution >= 0.6 is 24.4 Å². The third-order valence-corrected chi connectivity index (χ3v) is 3.22. The highest BCUT2D eigenvalue weighted by atomic mass is 32.2. The maximum atomic E-state index is 11.0. The summed E-state index contributed by atoms with van der Waals surface area (Å²) in [6.45, 7) is 1.43. The lowest BCUT2D eigenvalue weighted by atomic mass is 10.1. The third-order valence-electron chi connectivity index (χ3n) is 1.80. The van der Waals surface area contributed by atoms with Crippen LogP contribution in [0.25, 0.3) is 0 Å². The molecule has 80 valence electrons. The fourth-order valence-electron chi connectivity index (χ4n) is 1.24. The van der Waals surface area contributed by atoms with Gasteiger partial charge < -0.3 is 4.79 Å². The van der Waals surface area contributed by atoms with Crippen molar-refractivity contribution < 1.29 is 9.59 Å². The summed E-state index contributed by atoms with van der Waals surface area (Å²) in [7, 11) is 0. The SMILES string of the molecule is CC(=O)SC(S)(C=O)Cc1ccccc1. The van der Waals surface area contributed by atoms with Crippen molar-refractivity contribution in [2.45, 2.75) is 17.4 Å². The Morgan fingerprint density at radius 1 is 1.47 bits per heavy atom. The highest BCUT2D eigenvalue weighted by molar-refractivity contribution is 8.22. The lowest BCUT2D eigenvalue weighted by Crippen LogP contribution is -2.23. The van der Waals surface area contributed by atoms with E-state index >= 15 is 0 Å². The largest absolute Gasteiger partial charge is 0.301 e. The molecule has 2 nitrogen and oxygen atoms in total. The van der Waals surface area contributed by atoms with Crippen molar-refractivity contribution in [2.75, 3.05) is 0 Å². The summed E-state index contributed by atoms with van der Waals surface area (Å²) in [6, 6.07) is 9.52. The molecule has 0 aliphatic heterocycles. The summed E-state index contributed by atoms with van der Waals surface area (Å²) >= 11 is 5.20. The van der Waals surface area contributed by atoms with E-state index in [1.54, 1.807) is 0 Å². The Hall–Kier alpha value is -0.740. The molecule has 0 N–H and O–H groups in total. The molecule has 4 heteroatoms. The fourth-order valence-corrected chi connectivity index (χ4v) is 2.59. The van der Waals surface area contributed by atoms with Gasteiger partial charge in [0, 0.05) is 13.3 Å². The maximum Gasteiger partial charge on any atom is 0.187 e.